The van der Waals surface area contributed by atoms with Crippen LogP contribution in [0.2, 0.25) is 0 Å². The van der Waals surface area contributed by atoms with Crippen molar-refractivity contribution in [3.05, 3.63) is 86.8 Å². The molecular formula is C26H19FIN3O6. The Morgan fingerprint density at radius 3 is 2.46 bits per heavy atom. The maximum absolute atomic E-state index is 13.0. The van der Waals surface area contributed by atoms with Crippen LogP contribution in [0.4, 0.5) is 15.8 Å². The molecule has 0 unspecified atom stereocenters. The number of carboxylic acid groups (broad SMARTS) is 1. The molecule has 0 aliphatic heterocycles. The number of methoxy groups -OCH3 is 1. The summed E-state index contributed by atoms with van der Waals surface area (Å²) in [5.74, 6) is -2.22. The van der Waals surface area contributed by atoms with Gasteiger partial charge in [-0.3, -0.25) is 9.59 Å². The number of aromatic carboxylic acids is 1. The number of nitrogens with zero attached hydrogens (tertiary/aromatic N) is 1. The summed E-state index contributed by atoms with van der Waals surface area (Å²) >= 11 is 1.97. The predicted molar refractivity (Wildman–Crippen MR) is 142 cm³/mol. The lowest BCUT2D eigenvalue weighted by Crippen LogP contribution is -2.20. The van der Waals surface area contributed by atoms with E-state index in [4.69, 9.17) is 14.6 Å². The van der Waals surface area contributed by atoms with Crippen molar-refractivity contribution in [1.29, 1.82) is 5.26 Å². The van der Waals surface area contributed by atoms with Crippen LogP contribution in [0.3, 0.4) is 0 Å². The van der Waals surface area contributed by atoms with Gasteiger partial charge in [0, 0.05) is 11.4 Å². The Kier molecular flexibility index (Phi) is 9.17. The molecule has 0 bridgehead atoms. The molecule has 0 spiro atoms. The maximum Gasteiger partial charge on any atom is 0.335 e. The molecule has 3 rings (SSSR count). The number of carbonyl (C=O) groups excluding carboxylic acids is 2. The summed E-state index contributed by atoms with van der Waals surface area (Å²) < 4.78 is 24.6. The Morgan fingerprint density at radius 2 is 1.81 bits per heavy atom. The van der Waals surface area contributed by atoms with Gasteiger partial charge in [0.05, 0.1) is 16.2 Å². The largest absolute Gasteiger partial charge is 0.493 e. The van der Waals surface area contributed by atoms with E-state index in [9.17, 15) is 24.0 Å². The number of carbonyl (C=O) groups is 3. The molecule has 0 heterocycles. The molecule has 0 aliphatic carbocycles. The smallest absolute Gasteiger partial charge is 0.335 e. The third kappa shape index (κ3) is 7.52. The summed E-state index contributed by atoms with van der Waals surface area (Å²) in [6.45, 7) is -0.347. The van der Waals surface area contributed by atoms with E-state index in [1.807, 2.05) is 28.7 Å². The Hall–Kier alpha value is -4.44. The van der Waals surface area contributed by atoms with Gasteiger partial charge in [0.25, 0.3) is 11.8 Å². The van der Waals surface area contributed by atoms with Gasteiger partial charge in [-0.15, -0.1) is 0 Å². The topological polar surface area (TPSA) is 138 Å². The second-order valence-electron chi connectivity index (χ2n) is 7.39. The summed E-state index contributed by atoms with van der Waals surface area (Å²) in [5, 5.41) is 23.7. The number of carboxylic acids is 1. The van der Waals surface area contributed by atoms with E-state index in [2.05, 4.69) is 10.6 Å². The van der Waals surface area contributed by atoms with Crippen molar-refractivity contribution in [3.8, 4) is 17.6 Å². The van der Waals surface area contributed by atoms with Crippen molar-refractivity contribution in [1.82, 2.24) is 0 Å². The molecule has 0 saturated heterocycles. The third-order valence-corrected chi connectivity index (χ3v) is 5.57. The molecule has 37 heavy (non-hydrogen) atoms. The molecule has 0 aromatic heterocycles. The SMILES string of the molecule is COc1cc(/C=C(/C#N)C(=O)Nc2cccc(C(=O)O)c2)cc(I)c1OCC(=O)Nc1ccc(F)cc1. The van der Waals surface area contributed by atoms with Gasteiger partial charge >= 0.3 is 5.97 Å². The van der Waals surface area contributed by atoms with Crippen LogP contribution < -0.4 is 20.1 Å². The highest BCUT2D eigenvalue weighted by Crippen LogP contribution is 2.34. The Labute approximate surface area is 224 Å². The molecule has 0 fully saturated rings. The van der Waals surface area contributed by atoms with Crippen molar-refractivity contribution in [2.24, 2.45) is 0 Å². The predicted octanol–water partition coefficient (Wildman–Crippen LogP) is 4.70. The third-order valence-electron chi connectivity index (χ3n) is 4.77. The van der Waals surface area contributed by atoms with Crippen LogP contribution in [0.15, 0.2) is 66.2 Å². The molecule has 0 radical (unpaired) electrons. The van der Waals surface area contributed by atoms with Crippen molar-refractivity contribution >= 4 is 57.8 Å². The Balaban J connectivity index is 1.74. The van der Waals surface area contributed by atoms with Crippen LogP contribution in [-0.4, -0.2) is 36.6 Å². The lowest BCUT2D eigenvalue weighted by molar-refractivity contribution is -0.118. The fourth-order valence-electron chi connectivity index (χ4n) is 3.07. The average Bonchev–Trinajstić information content (AvgIpc) is 2.87. The summed E-state index contributed by atoms with van der Waals surface area (Å²) in [6, 6.07) is 15.9. The lowest BCUT2D eigenvalue weighted by Gasteiger charge is -2.14. The standard InChI is InChI=1S/C26H19FIN3O6/c1-36-22-11-15(9-17(13-29)25(33)31-20-4-2-3-16(12-20)26(34)35)10-21(28)24(22)37-14-23(32)30-19-7-5-18(27)6-8-19/h2-12H,14H2,1H3,(H,30,32)(H,31,33)(H,34,35)/b17-9-. The number of rotatable bonds is 9. The minimum atomic E-state index is -1.15. The number of nitrogens with one attached hydrogen (secondary N) is 2. The zero-order valence-corrected chi connectivity index (χ0v) is 21.4. The number of halogens is 2. The van der Waals surface area contributed by atoms with Gasteiger partial charge in [-0.2, -0.15) is 5.26 Å². The average molecular weight is 615 g/mol. The van der Waals surface area contributed by atoms with Crippen LogP contribution in [0.25, 0.3) is 6.08 Å². The van der Waals surface area contributed by atoms with E-state index in [1.54, 1.807) is 6.07 Å². The Morgan fingerprint density at radius 1 is 1.08 bits per heavy atom. The van der Waals surface area contributed by atoms with Gasteiger partial charge in [0.1, 0.15) is 17.5 Å². The van der Waals surface area contributed by atoms with Gasteiger partial charge < -0.3 is 25.2 Å². The van der Waals surface area contributed by atoms with Crippen molar-refractivity contribution in [2.45, 2.75) is 0 Å². The highest BCUT2D eigenvalue weighted by Gasteiger charge is 2.16. The van der Waals surface area contributed by atoms with Gasteiger partial charge in [0.15, 0.2) is 18.1 Å². The van der Waals surface area contributed by atoms with Crippen LogP contribution in [0.5, 0.6) is 11.5 Å². The zero-order valence-electron chi connectivity index (χ0n) is 19.2. The summed E-state index contributed by atoms with van der Waals surface area (Å²) in [5.41, 5.74) is 0.845. The Bertz CT molecular complexity index is 1420. The molecule has 3 aromatic carbocycles. The number of anilines is 2. The quantitative estimate of drug-likeness (QED) is 0.180. The first-order valence-corrected chi connectivity index (χ1v) is 11.6. The fourth-order valence-corrected chi connectivity index (χ4v) is 3.86. The highest BCUT2D eigenvalue weighted by molar-refractivity contribution is 14.1. The highest BCUT2D eigenvalue weighted by atomic mass is 127. The number of hydrogen-bond donors (Lipinski definition) is 3. The second-order valence-corrected chi connectivity index (χ2v) is 8.55. The van der Waals surface area contributed by atoms with Crippen molar-refractivity contribution in [3.63, 3.8) is 0 Å². The lowest BCUT2D eigenvalue weighted by atomic mass is 10.1. The van der Waals surface area contributed by atoms with Crippen LogP contribution >= 0.6 is 22.6 Å². The number of ether oxygens (including phenoxy) is 2. The molecule has 0 saturated carbocycles. The van der Waals surface area contributed by atoms with Crippen LogP contribution in [0.1, 0.15) is 15.9 Å². The fraction of sp³-hybridized carbons (Fsp3) is 0.0769. The first-order chi connectivity index (χ1) is 17.7. The molecular weight excluding hydrogens is 596 g/mol. The molecule has 188 valence electrons. The molecule has 9 nitrogen and oxygen atoms in total. The zero-order chi connectivity index (χ0) is 26.9. The molecule has 2 amide bonds. The molecule has 3 N–H and O–H groups in total. The monoisotopic (exact) mass is 615 g/mol. The van der Waals surface area contributed by atoms with E-state index in [1.165, 1.54) is 67.8 Å². The summed E-state index contributed by atoms with van der Waals surface area (Å²) in [4.78, 5) is 36.0. The van der Waals surface area contributed by atoms with Crippen LogP contribution in [-0.2, 0) is 9.59 Å². The summed E-state index contributed by atoms with van der Waals surface area (Å²) in [6.07, 6.45) is 1.34. The molecule has 0 atom stereocenters. The van der Waals surface area contributed by atoms with Gasteiger partial charge in [-0.1, -0.05) is 6.07 Å². The van der Waals surface area contributed by atoms with Gasteiger partial charge in [0.2, 0.25) is 0 Å². The first-order valence-electron chi connectivity index (χ1n) is 10.5. The van der Waals surface area contributed by atoms with E-state index in [0.717, 1.165) is 0 Å². The molecule has 11 heteroatoms. The van der Waals surface area contributed by atoms with E-state index in [0.29, 0.717) is 14.8 Å². The number of hydrogen-bond acceptors (Lipinski definition) is 6. The minimum Gasteiger partial charge on any atom is -0.493 e. The van der Waals surface area contributed by atoms with Crippen molar-refractivity contribution in [2.75, 3.05) is 24.4 Å². The number of nitriles is 1. The van der Waals surface area contributed by atoms with Crippen molar-refractivity contribution < 1.29 is 33.4 Å². The minimum absolute atomic E-state index is 0.0125. The van der Waals surface area contributed by atoms with Crippen LogP contribution in [0, 0.1) is 20.7 Å². The molecule has 3 aromatic rings. The summed E-state index contributed by atoms with van der Waals surface area (Å²) in [7, 11) is 1.40. The maximum atomic E-state index is 13.0. The molecule has 0 aliphatic rings. The van der Waals surface area contributed by atoms with Gasteiger partial charge in [-0.05, 0) is 88.8 Å². The first kappa shape index (κ1) is 27.2. The normalized spacial score (nSPS) is 10.7. The second kappa shape index (κ2) is 12.5. The number of benzene rings is 3. The van der Waals surface area contributed by atoms with E-state index >= 15 is 0 Å². The number of amides is 2. The van der Waals surface area contributed by atoms with E-state index in [-0.39, 0.29) is 34.9 Å². The van der Waals surface area contributed by atoms with E-state index < -0.39 is 23.6 Å². The van der Waals surface area contributed by atoms with Gasteiger partial charge in [-0.25, -0.2) is 9.18 Å².